The Labute approximate surface area is 66.4 Å². The summed E-state index contributed by atoms with van der Waals surface area (Å²) < 4.78 is 44.6. The van der Waals surface area contributed by atoms with Crippen LogP contribution in [0.2, 0.25) is 0 Å². The highest BCUT2D eigenvalue weighted by molar-refractivity contribution is 5.65. The van der Waals surface area contributed by atoms with E-state index >= 15 is 0 Å². The summed E-state index contributed by atoms with van der Waals surface area (Å²) in [6.07, 6.45) is -1.10. The first-order valence-electron chi connectivity index (χ1n) is 3.28. The zero-order chi connectivity index (χ0) is 9.19. The Morgan fingerprint density at radius 2 is 1.75 bits per heavy atom. The van der Waals surface area contributed by atoms with E-state index in [1.165, 1.54) is 0 Å². The van der Waals surface area contributed by atoms with Crippen LogP contribution in [0.4, 0.5) is 18.0 Å². The quantitative estimate of drug-likeness (QED) is 0.619. The highest BCUT2D eigenvalue weighted by atomic mass is 19.1. The van der Waals surface area contributed by atoms with Crippen LogP contribution < -0.4 is 0 Å². The number of cyclic esters (lactones) is 2. The first kappa shape index (κ1) is 9.15. The number of carbonyl (C=O) groups is 1. The van der Waals surface area contributed by atoms with Crippen LogP contribution in [0.5, 0.6) is 0 Å². The van der Waals surface area contributed by atoms with Crippen LogP contribution in [0, 0.1) is 5.92 Å². The van der Waals surface area contributed by atoms with Crippen LogP contribution in [0.25, 0.3) is 0 Å². The Morgan fingerprint density at radius 1 is 1.25 bits per heavy atom. The monoisotopic (exact) mass is 184 g/mol. The van der Waals surface area contributed by atoms with Crippen molar-refractivity contribution in [3.8, 4) is 0 Å². The van der Waals surface area contributed by atoms with Crippen molar-refractivity contribution < 1.29 is 27.4 Å². The van der Waals surface area contributed by atoms with E-state index < -0.39 is 37.9 Å². The molecule has 6 heteroatoms. The van der Waals surface area contributed by atoms with Gasteiger partial charge in [-0.2, -0.15) is 0 Å². The fourth-order valence-corrected chi connectivity index (χ4v) is 0.896. The van der Waals surface area contributed by atoms with E-state index in [9.17, 15) is 18.0 Å². The van der Waals surface area contributed by atoms with Crippen molar-refractivity contribution in [1.29, 1.82) is 0 Å². The molecule has 0 radical (unpaired) electrons. The summed E-state index contributed by atoms with van der Waals surface area (Å²) in [5.74, 6) is -3.39. The van der Waals surface area contributed by atoms with Gasteiger partial charge in [0.25, 0.3) is 5.79 Å². The van der Waals surface area contributed by atoms with Crippen molar-refractivity contribution in [2.24, 2.45) is 5.92 Å². The highest BCUT2D eigenvalue weighted by Gasteiger charge is 2.55. The molecule has 0 aliphatic carbocycles. The first-order chi connectivity index (χ1) is 5.68. The molecule has 0 spiro atoms. The normalized spacial score (nSPS) is 19.8. The molecular formula is C6H7F3O3. The standard InChI is InChI=1S/C6H7F3O3/c7-1-4(2-8)6(3-9)11-5(10)12-6/h4H,1-3H2. The molecule has 1 rings (SSSR count). The van der Waals surface area contributed by atoms with Crippen molar-refractivity contribution in [3.05, 3.63) is 0 Å². The largest absolute Gasteiger partial charge is 0.515 e. The van der Waals surface area contributed by atoms with Crippen molar-refractivity contribution >= 4 is 6.16 Å². The fourth-order valence-electron chi connectivity index (χ4n) is 0.896. The molecular weight excluding hydrogens is 177 g/mol. The number of rotatable bonds is 4. The lowest BCUT2D eigenvalue weighted by molar-refractivity contribution is -0.307. The van der Waals surface area contributed by atoms with E-state index in [0.29, 0.717) is 0 Å². The summed E-state index contributed by atoms with van der Waals surface area (Å²) >= 11 is 0. The summed E-state index contributed by atoms with van der Waals surface area (Å²) in [6.45, 7) is -3.50. The molecule has 0 amide bonds. The molecule has 1 fully saturated rings. The molecule has 1 aliphatic rings. The third-order valence-corrected chi connectivity index (χ3v) is 1.69. The fraction of sp³-hybridized carbons (Fsp3) is 0.833. The van der Waals surface area contributed by atoms with Gasteiger partial charge in [0.2, 0.25) is 0 Å². The van der Waals surface area contributed by atoms with Gasteiger partial charge in [0, 0.05) is 0 Å². The smallest absolute Gasteiger partial charge is 0.387 e. The maximum absolute atomic E-state index is 12.2. The molecule has 0 atom stereocenters. The molecule has 0 aromatic rings. The number of alkyl halides is 3. The molecule has 0 bridgehead atoms. The number of halogens is 3. The minimum absolute atomic E-state index is 1.10. The predicted octanol–water partition coefficient (Wildman–Crippen LogP) is 1.37. The van der Waals surface area contributed by atoms with Crippen LogP contribution in [0.3, 0.4) is 0 Å². The molecule has 0 N–H and O–H groups in total. The third-order valence-electron chi connectivity index (χ3n) is 1.69. The number of ether oxygens (including phenoxy) is 2. The zero-order valence-corrected chi connectivity index (χ0v) is 6.06. The van der Waals surface area contributed by atoms with E-state index in [1.54, 1.807) is 0 Å². The molecule has 12 heavy (non-hydrogen) atoms. The lowest BCUT2D eigenvalue weighted by atomic mass is 10.0. The van der Waals surface area contributed by atoms with Crippen LogP contribution >= 0.6 is 0 Å². The van der Waals surface area contributed by atoms with Gasteiger partial charge in [-0.05, 0) is 0 Å². The van der Waals surface area contributed by atoms with E-state index in [1.807, 2.05) is 0 Å². The average Bonchev–Trinajstić information content (AvgIpc) is 2.02. The Balaban J connectivity index is 2.60. The summed E-state index contributed by atoms with van der Waals surface area (Å²) in [7, 11) is 0. The lowest BCUT2D eigenvalue weighted by Crippen LogP contribution is -2.58. The molecule has 0 aromatic carbocycles. The summed E-state index contributed by atoms with van der Waals surface area (Å²) in [4.78, 5) is 10.2. The van der Waals surface area contributed by atoms with Gasteiger partial charge < -0.3 is 9.47 Å². The van der Waals surface area contributed by atoms with Crippen LogP contribution in [-0.2, 0) is 9.47 Å². The van der Waals surface area contributed by atoms with E-state index in [0.717, 1.165) is 0 Å². The van der Waals surface area contributed by atoms with Gasteiger partial charge in [0.05, 0.1) is 5.92 Å². The van der Waals surface area contributed by atoms with E-state index in [-0.39, 0.29) is 0 Å². The summed E-state index contributed by atoms with van der Waals surface area (Å²) in [6, 6.07) is 0. The minimum Gasteiger partial charge on any atom is -0.387 e. The molecule has 0 aromatic heterocycles. The summed E-state index contributed by atoms with van der Waals surface area (Å²) in [5, 5.41) is 0. The van der Waals surface area contributed by atoms with Crippen LogP contribution in [0.15, 0.2) is 0 Å². The third kappa shape index (κ3) is 1.21. The van der Waals surface area contributed by atoms with Crippen molar-refractivity contribution in [3.63, 3.8) is 0 Å². The molecule has 70 valence electrons. The molecule has 0 unspecified atom stereocenters. The molecule has 1 saturated heterocycles. The maximum atomic E-state index is 12.2. The van der Waals surface area contributed by atoms with Gasteiger partial charge in [-0.15, -0.1) is 0 Å². The zero-order valence-electron chi connectivity index (χ0n) is 6.06. The van der Waals surface area contributed by atoms with E-state index in [2.05, 4.69) is 9.47 Å². The van der Waals surface area contributed by atoms with Crippen LogP contribution in [0.1, 0.15) is 0 Å². The highest BCUT2D eigenvalue weighted by Crippen LogP contribution is 2.34. The van der Waals surface area contributed by atoms with Crippen molar-refractivity contribution in [2.45, 2.75) is 5.79 Å². The Bertz CT molecular complexity index is 173. The molecule has 1 aliphatic heterocycles. The number of hydrogen-bond acceptors (Lipinski definition) is 3. The Hall–Kier alpha value is -0.940. The topological polar surface area (TPSA) is 35.5 Å². The molecule has 3 nitrogen and oxygen atoms in total. The second kappa shape index (κ2) is 3.20. The van der Waals surface area contributed by atoms with Gasteiger partial charge >= 0.3 is 6.16 Å². The second-order valence-corrected chi connectivity index (χ2v) is 2.41. The first-order valence-corrected chi connectivity index (χ1v) is 3.28. The van der Waals surface area contributed by atoms with E-state index in [4.69, 9.17) is 0 Å². The number of carbonyl (C=O) groups excluding carboxylic acids is 1. The molecule has 1 heterocycles. The van der Waals surface area contributed by atoms with Gasteiger partial charge in [0.15, 0.2) is 6.67 Å². The average molecular weight is 184 g/mol. The predicted molar refractivity (Wildman–Crippen MR) is 31.7 cm³/mol. The second-order valence-electron chi connectivity index (χ2n) is 2.41. The SMILES string of the molecule is O=C1OC(CF)(C(CF)CF)O1. The van der Waals surface area contributed by atoms with Gasteiger partial charge in [0.1, 0.15) is 13.3 Å². The summed E-state index contributed by atoms with van der Waals surface area (Å²) in [5.41, 5.74) is 0. The minimum atomic E-state index is -2.01. The Morgan fingerprint density at radius 3 is 2.00 bits per heavy atom. The van der Waals surface area contributed by atoms with Gasteiger partial charge in [-0.1, -0.05) is 0 Å². The Kier molecular flexibility index (Phi) is 2.44. The van der Waals surface area contributed by atoms with Gasteiger partial charge in [-0.25, -0.2) is 9.18 Å². The maximum Gasteiger partial charge on any atom is 0.515 e. The van der Waals surface area contributed by atoms with Crippen molar-refractivity contribution in [1.82, 2.24) is 0 Å². The lowest BCUT2D eigenvalue weighted by Gasteiger charge is -2.40. The van der Waals surface area contributed by atoms with Crippen LogP contribution in [-0.4, -0.2) is 32.0 Å². The number of hydrogen-bond donors (Lipinski definition) is 0. The molecule has 0 saturated carbocycles. The van der Waals surface area contributed by atoms with Gasteiger partial charge in [-0.3, -0.25) is 8.78 Å². The van der Waals surface area contributed by atoms with Crippen molar-refractivity contribution in [2.75, 3.05) is 20.0 Å².